The van der Waals surface area contributed by atoms with Crippen molar-refractivity contribution in [3.05, 3.63) is 45.4 Å². The van der Waals surface area contributed by atoms with Crippen LogP contribution in [-0.4, -0.2) is 13.4 Å². The highest BCUT2D eigenvalue weighted by molar-refractivity contribution is 7.92. The van der Waals surface area contributed by atoms with Crippen molar-refractivity contribution < 1.29 is 8.42 Å². The monoisotopic (exact) mass is 342 g/mol. The van der Waals surface area contributed by atoms with E-state index in [4.69, 9.17) is 11.6 Å². The van der Waals surface area contributed by atoms with E-state index in [9.17, 15) is 8.42 Å². The van der Waals surface area contributed by atoms with Gasteiger partial charge in [0.15, 0.2) is 5.13 Å². The Morgan fingerprint density at radius 1 is 1.24 bits per heavy atom. The lowest BCUT2D eigenvalue weighted by Crippen LogP contribution is -2.15. The van der Waals surface area contributed by atoms with Crippen molar-refractivity contribution in [2.75, 3.05) is 4.72 Å². The molecule has 0 unspecified atom stereocenters. The Labute approximate surface area is 133 Å². The summed E-state index contributed by atoms with van der Waals surface area (Å²) in [5, 5.41) is 0.926. The molecule has 112 valence electrons. The fraction of sp³-hybridized carbons (Fsp3) is 0.357. The van der Waals surface area contributed by atoms with Gasteiger partial charge in [-0.25, -0.2) is 13.4 Å². The summed E-state index contributed by atoms with van der Waals surface area (Å²) in [5.74, 6) is -0.142. The predicted octanol–water partition coefficient (Wildman–Crippen LogP) is 3.62. The number of benzene rings is 1. The summed E-state index contributed by atoms with van der Waals surface area (Å²) < 4.78 is 27.0. The highest BCUT2D eigenvalue weighted by Crippen LogP contribution is 2.30. The Morgan fingerprint density at radius 2 is 2.00 bits per heavy atom. The standard InChI is InChI=1S/C14H15ClN2O2S2/c15-11-6-2-1-5-10(11)9-21(18,19)17-14-16-12-7-3-4-8-13(12)20-14/h1-2,5-6H,3-4,7-9H2,(H,16,17). The second kappa shape index (κ2) is 5.94. The van der Waals surface area contributed by atoms with Gasteiger partial charge in [0.25, 0.3) is 0 Å². The Balaban J connectivity index is 1.77. The molecule has 0 radical (unpaired) electrons. The van der Waals surface area contributed by atoms with Gasteiger partial charge < -0.3 is 0 Å². The smallest absolute Gasteiger partial charge is 0.238 e. The van der Waals surface area contributed by atoms with E-state index in [-0.39, 0.29) is 5.75 Å². The molecule has 21 heavy (non-hydrogen) atoms. The molecule has 1 aliphatic rings. The highest BCUT2D eigenvalue weighted by Gasteiger charge is 2.19. The van der Waals surface area contributed by atoms with Crippen molar-refractivity contribution in [2.45, 2.75) is 31.4 Å². The lowest BCUT2D eigenvalue weighted by Gasteiger charge is -2.06. The molecule has 0 atom stereocenters. The zero-order valence-electron chi connectivity index (χ0n) is 11.3. The summed E-state index contributed by atoms with van der Waals surface area (Å²) in [6.45, 7) is 0. The number of anilines is 1. The van der Waals surface area contributed by atoms with Crippen molar-refractivity contribution in [1.29, 1.82) is 0 Å². The fourth-order valence-electron chi connectivity index (χ4n) is 2.38. The zero-order chi connectivity index (χ0) is 14.9. The molecule has 0 saturated heterocycles. The Hall–Kier alpha value is -1.11. The summed E-state index contributed by atoms with van der Waals surface area (Å²) in [5.41, 5.74) is 1.63. The molecule has 1 aliphatic carbocycles. The molecule has 0 bridgehead atoms. The van der Waals surface area contributed by atoms with Gasteiger partial charge in [0.05, 0.1) is 11.4 Å². The van der Waals surface area contributed by atoms with Gasteiger partial charge in [0.2, 0.25) is 10.0 Å². The third-order valence-electron chi connectivity index (χ3n) is 3.39. The second-order valence-corrected chi connectivity index (χ2v) is 8.26. The molecule has 1 N–H and O–H groups in total. The molecule has 7 heteroatoms. The van der Waals surface area contributed by atoms with Crippen molar-refractivity contribution in [1.82, 2.24) is 4.98 Å². The number of nitrogens with zero attached hydrogens (tertiary/aromatic N) is 1. The molecule has 1 aromatic heterocycles. The minimum Gasteiger partial charge on any atom is -0.258 e. The maximum atomic E-state index is 12.2. The molecule has 0 saturated carbocycles. The molecule has 1 heterocycles. The third kappa shape index (κ3) is 3.56. The molecule has 0 fully saturated rings. The highest BCUT2D eigenvalue weighted by atomic mass is 35.5. The lowest BCUT2D eigenvalue weighted by atomic mass is 10.0. The van der Waals surface area contributed by atoms with Crippen LogP contribution in [-0.2, 0) is 28.6 Å². The van der Waals surface area contributed by atoms with E-state index in [0.717, 1.165) is 31.4 Å². The maximum absolute atomic E-state index is 12.2. The summed E-state index contributed by atoms with van der Waals surface area (Å²) in [6, 6.07) is 6.96. The van der Waals surface area contributed by atoms with Crippen molar-refractivity contribution in [3.63, 3.8) is 0 Å². The number of aryl methyl sites for hydroxylation is 2. The Kier molecular flexibility index (Phi) is 4.19. The van der Waals surface area contributed by atoms with Crippen LogP contribution in [0.15, 0.2) is 24.3 Å². The number of hydrogen-bond donors (Lipinski definition) is 1. The molecular weight excluding hydrogens is 328 g/mol. The second-order valence-electron chi connectivity index (χ2n) is 5.05. The van der Waals surface area contributed by atoms with Crippen LogP contribution in [0.3, 0.4) is 0 Å². The minimum absolute atomic E-state index is 0.142. The van der Waals surface area contributed by atoms with Gasteiger partial charge in [-0.15, -0.1) is 11.3 Å². The summed E-state index contributed by atoms with van der Waals surface area (Å²) in [4.78, 5) is 5.60. The number of sulfonamides is 1. The molecule has 1 aromatic carbocycles. The Morgan fingerprint density at radius 3 is 2.76 bits per heavy atom. The van der Waals surface area contributed by atoms with Crippen LogP contribution in [0.4, 0.5) is 5.13 Å². The van der Waals surface area contributed by atoms with E-state index in [1.807, 2.05) is 0 Å². The van der Waals surface area contributed by atoms with Gasteiger partial charge in [0.1, 0.15) is 0 Å². The molecule has 4 nitrogen and oxygen atoms in total. The molecule has 0 spiro atoms. The zero-order valence-corrected chi connectivity index (χ0v) is 13.7. The summed E-state index contributed by atoms with van der Waals surface area (Å²) in [7, 11) is -3.50. The molecular formula is C14H15ClN2O2S2. The average molecular weight is 343 g/mol. The normalized spacial score (nSPS) is 14.7. The molecule has 0 amide bonds. The number of fused-ring (bicyclic) bond motifs is 1. The largest absolute Gasteiger partial charge is 0.258 e. The minimum atomic E-state index is -3.50. The average Bonchev–Trinajstić information content (AvgIpc) is 2.82. The van der Waals surface area contributed by atoms with Gasteiger partial charge in [0, 0.05) is 9.90 Å². The first kappa shape index (κ1) is 14.8. The number of hydrogen-bond acceptors (Lipinski definition) is 4. The van der Waals surface area contributed by atoms with E-state index in [2.05, 4.69) is 9.71 Å². The number of halogens is 1. The Bertz CT molecular complexity index is 733. The van der Waals surface area contributed by atoms with Crippen LogP contribution < -0.4 is 4.72 Å². The van der Waals surface area contributed by atoms with Gasteiger partial charge in [-0.3, -0.25) is 4.72 Å². The number of rotatable bonds is 4. The first-order chi connectivity index (χ1) is 10.0. The van der Waals surface area contributed by atoms with Crippen LogP contribution in [0.2, 0.25) is 5.02 Å². The van der Waals surface area contributed by atoms with Gasteiger partial charge in [-0.05, 0) is 37.3 Å². The van der Waals surface area contributed by atoms with E-state index >= 15 is 0 Å². The van der Waals surface area contributed by atoms with Gasteiger partial charge >= 0.3 is 0 Å². The SMILES string of the molecule is O=S(=O)(Cc1ccccc1Cl)Nc1nc2c(s1)CCCC2. The van der Waals surface area contributed by atoms with E-state index in [0.29, 0.717) is 15.7 Å². The van der Waals surface area contributed by atoms with Crippen molar-refractivity contribution >= 4 is 38.1 Å². The van der Waals surface area contributed by atoms with Gasteiger partial charge in [-0.1, -0.05) is 29.8 Å². The molecule has 2 aromatic rings. The van der Waals surface area contributed by atoms with Crippen LogP contribution in [0.25, 0.3) is 0 Å². The predicted molar refractivity (Wildman–Crippen MR) is 86.5 cm³/mol. The first-order valence-electron chi connectivity index (χ1n) is 6.76. The fourth-order valence-corrected chi connectivity index (χ4v) is 5.16. The van der Waals surface area contributed by atoms with Crippen LogP contribution in [0.5, 0.6) is 0 Å². The lowest BCUT2D eigenvalue weighted by molar-refractivity contribution is 0.600. The number of thiazole rings is 1. The quantitative estimate of drug-likeness (QED) is 0.923. The third-order valence-corrected chi connectivity index (χ3v) is 6.16. The van der Waals surface area contributed by atoms with E-state index in [1.165, 1.54) is 16.2 Å². The first-order valence-corrected chi connectivity index (χ1v) is 9.61. The number of aromatic nitrogens is 1. The van der Waals surface area contributed by atoms with Crippen LogP contribution in [0, 0.1) is 0 Å². The summed E-state index contributed by atoms with van der Waals surface area (Å²) >= 11 is 7.45. The van der Waals surface area contributed by atoms with Crippen LogP contribution in [0.1, 0.15) is 29.0 Å². The topological polar surface area (TPSA) is 59.1 Å². The number of nitrogens with one attached hydrogen (secondary N) is 1. The van der Waals surface area contributed by atoms with Crippen molar-refractivity contribution in [3.8, 4) is 0 Å². The van der Waals surface area contributed by atoms with E-state index in [1.54, 1.807) is 24.3 Å². The molecule has 0 aliphatic heterocycles. The van der Waals surface area contributed by atoms with Crippen molar-refractivity contribution in [2.24, 2.45) is 0 Å². The van der Waals surface area contributed by atoms with E-state index < -0.39 is 10.0 Å². The summed E-state index contributed by atoms with van der Waals surface area (Å²) in [6.07, 6.45) is 4.22. The van der Waals surface area contributed by atoms with Gasteiger partial charge in [-0.2, -0.15) is 0 Å². The maximum Gasteiger partial charge on any atom is 0.238 e. The molecule has 3 rings (SSSR count). The van der Waals surface area contributed by atoms with Crippen LogP contribution >= 0.6 is 22.9 Å².